The molecule has 1 aromatic rings. The maximum Gasteiger partial charge on any atom is 0.0773 e. The number of halogens is 1. The molecule has 0 amide bonds. The minimum Gasteiger partial charge on any atom is -0.396 e. The molecular formula is C10H17BrN4. The SMILES string of the molecule is CN(C)CCN(C)c1c(N)cncc1Br. The minimum absolute atomic E-state index is 0.700. The Kier molecular flexibility index (Phi) is 4.35. The van der Waals surface area contributed by atoms with Crippen LogP contribution in [0, 0.1) is 0 Å². The quantitative estimate of drug-likeness (QED) is 0.901. The number of pyridine rings is 1. The molecule has 1 rings (SSSR count). The van der Waals surface area contributed by atoms with Crippen molar-refractivity contribution in [2.75, 3.05) is 44.9 Å². The van der Waals surface area contributed by atoms with Crippen molar-refractivity contribution in [2.45, 2.75) is 0 Å². The fourth-order valence-electron chi connectivity index (χ4n) is 1.31. The van der Waals surface area contributed by atoms with Gasteiger partial charge in [-0.2, -0.15) is 0 Å². The first kappa shape index (κ1) is 12.3. The molecule has 4 nitrogen and oxygen atoms in total. The number of hydrogen-bond donors (Lipinski definition) is 1. The largest absolute Gasteiger partial charge is 0.396 e. The van der Waals surface area contributed by atoms with E-state index in [-0.39, 0.29) is 0 Å². The van der Waals surface area contributed by atoms with Crippen LogP contribution in [0.4, 0.5) is 11.4 Å². The predicted molar refractivity (Wildman–Crippen MR) is 68.2 cm³/mol. The van der Waals surface area contributed by atoms with Gasteiger partial charge in [0.05, 0.1) is 22.0 Å². The molecule has 0 aliphatic carbocycles. The second-order valence-electron chi connectivity index (χ2n) is 3.78. The first-order valence-corrected chi connectivity index (χ1v) is 5.56. The van der Waals surface area contributed by atoms with E-state index in [0.29, 0.717) is 5.69 Å². The Hall–Kier alpha value is -0.810. The lowest BCUT2D eigenvalue weighted by Crippen LogP contribution is -2.29. The van der Waals surface area contributed by atoms with Crippen molar-refractivity contribution in [2.24, 2.45) is 0 Å². The van der Waals surface area contributed by atoms with Gasteiger partial charge in [-0.15, -0.1) is 0 Å². The summed E-state index contributed by atoms with van der Waals surface area (Å²) in [4.78, 5) is 8.28. The fourth-order valence-corrected chi connectivity index (χ4v) is 1.96. The van der Waals surface area contributed by atoms with Gasteiger partial charge in [0.1, 0.15) is 0 Å². The molecular weight excluding hydrogens is 256 g/mol. The van der Waals surface area contributed by atoms with Gasteiger partial charge in [0.15, 0.2) is 0 Å². The van der Waals surface area contributed by atoms with E-state index in [1.165, 1.54) is 0 Å². The number of nitrogens with two attached hydrogens (primary N) is 1. The van der Waals surface area contributed by atoms with E-state index in [9.17, 15) is 0 Å². The van der Waals surface area contributed by atoms with Crippen molar-refractivity contribution >= 4 is 27.3 Å². The third kappa shape index (κ3) is 3.35. The van der Waals surface area contributed by atoms with Crippen molar-refractivity contribution in [3.63, 3.8) is 0 Å². The average molecular weight is 273 g/mol. The van der Waals surface area contributed by atoms with Crippen LogP contribution >= 0.6 is 15.9 Å². The van der Waals surface area contributed by atoms with Gasteiger partial charge in [0.25, 0.3) is 0 Å². The highest BCUT2D eigenvalue weighted by Gasteiger charge is 2.09. The van der Waals surface area contributed by atoms with Gasteiger partial charge in [-0.05, 0) is 30.0 Å². The van der Waals surface area contributed by atoms with Crippen LogP contribution in [-0.2, 0) is 0 Å². The minimum atomic E-state index is 0.700. The van der Waals surface area contributed by atoms with E-state index < -0.39 is 0 Å². The van der Waals surface area contributed by atoms with Crippen LogP contribution in [0.1, 0.15) is 0 Å². The van der Waals surface area contributed by atoms with Gasteiger partial charge < -0.3 is 15.5 Å². The summed E-state index contributed by atoms with van der Waals surface area (Å²) in [5.74, 6) is 0. The predicted octanol–water partition coefficient (Wildman–Crippen LogP) is 1.42. The summed E-state index contributed by atoms with van der Waals surface area (Å²) in [5.41, 5.74) is 7.59. The number of nitrogens with zero attached hydrogens (tertiary/aromatic N) is 3. The molecule has 0 aliphatic heterocycles. The smallest absolute Gasteiger partial charge is 0.0773 e. The van der Waals surface area contributed by atoms with Crippen molar-refractivity contribution in [3.05, 3.63) is 16.9 Å². The highest BCUT2D eigenvalue weighted by molar-refractivity contribution is 9.10. The Morgan fingerprint density at radius 3 is 2.47 bits per heavy atom. The van der Waals surface area contributed by atoms with Crippen molar-refractivity contribution in [1.29, 1.82) is 0 Å². The molecule has 0 atom stereocenters. The second-order valence-corrected chi connectivity index (χ2v) is 4.64. The van der Waals surface area contributed by atoms with Crippen LogP contribution in [0.3, 0.4) is 0 Å². The summed E-state index contributed by atoms with van der Waals surface area (Å²) in [6.45, 7) is 1.92. The Morgan fingerprint density at radius 1 is 1.27 bits per heavy atom. The summed E-state index contributed by atoms with van der Waals surface area (Å²) < 4.78 is 0.934. The van der Waals surface area contributed by atoms with Crippen LogP contribution in [0.5, 0.6) is 0 Å². The summed E-state index contributed by atoms with van der Waals surface area (Å²) in [6.07, 6.45) is 3.43. The molecule has 15 heavy (non-hydrogen) atoms. The molecule has 0 bridgehead atoms. The van der Waals surface area contributed by atoms with Gasteiger partial charge in [0.2, 0.25) is 0 Å². The molecule has 0 unspecified atom stereocenters. The lowest BCUT2D eigenvalue weighted by Gasteiger charge is -2.23. The zero-order chi connectivity index (χ0) is 11.4. The fraction of sp³-hybridized carbons (Fsp3) is 0.500. The number of likely N-dealkylation sites (N-methyl/N-ethyl adjacent to an activating group) is 2. The zero-order valence-electron chi connectivity index (χ0n) is 9.37. The maximum atomic E-state index is 5.88. The van der Waals surface area contributed by atoms with Crippen LogP contribution in [0.15, 0.2) is 16.9 Å². The Morgan fingerprint density at radius 2 is 1.93 bits per heavy atom. The van der Waals surface area contributed by atoms with Crippen LogP contribution in [0.25, 0.3) is 0 Å². The molecule has 0 saturated heterocycles. The molecule has 1 aromatic heterocycles. The Labute approximate surface area is 99.2 Å². The molecule has 0 fully saturated rings. The molecule has 1 heterocycles. The molecule has 0 aliphatic rings. The van der Waals surface area contributed by atoms with Crippen molar-refractivity contribution in [1.82, 2.24) is 9.88 Å². The van der Waals surface area contributed by atoms with Gasteiger partial charge >= 0.3 is 0 Å². The van der Waals surface area contributed by atoms with Gasteiger partial charge in [-0.3, -0.25) is 4.98 Å². The van der Waals surface area contributed by atoms with E-state index in [1.807, 2.05) is 7.05 Å². The van der Waals surface area contributed by atoms with Crippen LogP contribution in [-0.4, -0.2) is 44.1 Å². The number of aromatic nitrogens is 1. The molecule has 84 valence electrons. The van der Waals surface area contributed by atoms with E-state index in [1.54, 1.807) is 12.4 Å². The molecule has 0 radical (unpaired) electrons. The zero-order valence-corrected chi connectivity index (χ0v) is 11.0. The first-order chi connectivity index (χ1) is 7.02. The summed E-state index contributed by atoms with van der Waals surface area (Å²) in [6, 6.07) is 0. The highest BCUT2D eigenvalue weighted by Crippen LogP contribution is 2.29. The van der Waals surface area contributed by atoms with Gasteiger partial charge in [-0.25, -0.2) is 0 Å². The van der Waals surface area contributed by atoms with Crippen molar-refractivity contribution < 1.29 is 0 Å². The van der Waals surface area contributed by atoms with Crippen molar-refractivity contribution in [3.8, 4) is 0 Å². The number of nitrogen functional groups attached to an aromatic ring is 1. The third-order valence-corrected chi connectivity index (χ3v) is 2.75. The normalized spacial score (nSPS) is 10.7. The van der Waals surface area contributed by atoms with E-state index in [4.69, 9.17) is 5.73 Å². The van der Waals surface area contributed by atoms with E-state index >= 15 is 0 Å². The van der Waals surface area contributed by atoms with Crippen LogP contribution < -0.4 is 10.6 Å². The number of anilines is 2. The lowest BCUT2D eigenvalue weighted by atomic mass is 10.3. The molecule has 2 N–H and O–H groups in total. The number of rotatable bonds is 4. The number of hydrogen-bond acceptors (Lipinski definition) is 4. The monoisotopic (exact) mass is 272 g/mol. The summed E-state index contributed by atoms with van der Waals surface area (Å²) >= 11 is 3.46. The Bertz CT molecular complexity index is 307. The van der Waals surface area contributed by atoms with Gasteiger partial charge in [-0.1, -0.05) is 0 Å². The second kappa shape index (κ2) is 5.32. The maximum absolute atomic E-state index is 5.88. The topological polar surface area (TPSA) is 45.4 Å². The molecule has 5 heteroatoms. The Balaban J connectivity index is 2.77. The summed E-state index contributed by atoms with van der Waals surface area (Å²) in [5, 5.41) is 0. The van der Waals surface area contributed by atoms with E-state index in [2.05, 4.69) is 44.8 Å². The molecule has 0 aromatic carbocycles. The highest BCUT2D eigenvalue weighted by atomic mass is 79.9. The van der Waals surface area contributed by atoms with Crippen LogP contribution in [0.2, 0.25) is 0 Å². The first-order valence-electron chi connectivity index (χ1n) is 4.77. The van der Waals surface area contributed by atoms with E-state index in [0.717, 1.165) is 23.2 Å². The third-order valence-electron chi connectivity index (χ3n) is 2.17. The molecule has 0 saturated carbocycles. The summed E-state index contributed by atoms with van der Waals surface area (Å²) in [7, 11) is 6.14. The molecule has 0 spiro atoms. The lowest BCUT2D eigenvalue weighted by molar-refractivity contribution is 0.416. The van der Waals surface area contributed by atoms with Gasteiger partial charge in [0, 0.05) is 26.3 Å². The standard InChI is InChI=1S/C10H17BrN4/c1-14(2)4-5-15(3)10-8(11)6-13-7-9(10)12/h6-7H,4-5,12H2,1-3H3. The average Bonchev–Trinajstić information content (AvgIpc) is 2.14.